The van der Waals surface area contributed by atoms with Gasteiger partial charge in [0.2, 0.25) is 0 Å². The molecule has 0 aromatic heterocycles. The van der Waals surface area contributed by atoms with Crippen LogP contribution in [0.1, 0.15) is 19.8 Å². The molecule has 0 unspecified atom stereocenters. The minimum atomic E-state index is -1.70. The SMILES string of the molecule is C[C@@H](OC(=O)CCCOc1ccccc1)C(=O)Nc1ccc(F)c(F)c1F. The summed E-state index contributed by atoms with van der Waals surface area (Å²) in [7, 11) is 0. The zero-order chi connectivity index (χ0) is 19.8. The van der Waals surface area contributed by atoms with Crippen LogP contribution in [0.3, 0.4) is 0 Å². The van der Waals surface area contributed by atoms with E-state index in [1.807, 2.05) is 23.5 Å². The normalized spacial score (nSPS) is 11.6. The lowest BCUT2D eigenvalue weighted by Crippen LogP contribution is -2.30. The summed E-state index contributed by atoms with van der Waals surface area (Å²) in [6.07, 6.45) is -0.843. The lowest BCUT2D eigenvalue weighted by atomic mass is 10.2. The third-order valence-electron chi connectivity index (χ3n) is 3.51. The van der Waals surface area contributed by atoms with Crippen LogP contribution in [0.4, 0.5) is 18.9 Å². The van der Waals surface area contributed by atoms with E-state index in [9.17, 15) is 22.8 Å². The van der Waals surface area contributed by atoms with Crippen LogP contribution >= 0.6 is 0 Å². The molecule has 0 spiro atoms. The first-order chi connectivity index (χ1) is 12.9. The lowest BCUT2D eigenvalue weighted by molar-refractivity contribution is -0.153. The van der Waals surface area contributed by atoms with Gasteiger partial charge in [-0.2, -0.15) is 0 Å². The molecule has 0 bridgehead atoms. The third-order valence-corrected chi connectivity index (χ3v) is 3.51. The van der Waals surface area contributed by atoms with Gasteiger partial charge < -0.3 is 14.8 Å². The quantitative estimate of drug-likeness (QED) is 0.429. The number of halogens is 3. The van der Waals surface area contributed by atoms with E-state index in [-0.39, 0.29) is 6.42 Å². The number of carbonyl (C=O) groups is 2. The Hall–Kier alpha value is -3.03. The predicted octanol–water partition coefficient (Wildman–Crippen LogP) is 3.83. The molecule has 0 saturated heterocycles. The van der Waals surface area contributed by atoms with Crippen molar-refractivity contribution >= 4 is 17.6 Å². The molecule has 0 aliphatic rings. The zero-order valence-electron chi connectivity index (χ0n) is 14.5. The van der Waals surface area contributed by atoms with Crippen LogP contribution in [0.2, 0.25) is 0 Å². The monoisotopic (exact) mass is 381 g/mol. The highest BCUT2D eigenvalue weighted by Crippen LogP contribution is 2.20. The summed E-state index contributed by atoms with van der Waals surface area (Å²) >= 11 is 0. The Bertz CT molecular complexity index is 799. The third kappa shape index (κ3) is 6.02. The zero-order valence-corrected chi connectivity index (χ0v) is 14.5. The van der Waals surface area contributed by atoms with Crippen LogP contribution < -0.4 is 10.1 Å². The molecule has 1 amide bonds. The van der Waals surface area contributed by atoms with E-state index < -0.39 is 41.1 Å². The second kappa shape index (κ2) is 9.61. The molecule has 0 aliphatic heterocycles. The fourth-order valence-corrected chi connectivity index (χ4v) is 2.09. The average molecular weight is 381 g/mol. The van der Waals surface area contributed by atoms with E-state index in [2.05, 4.69) is 0 Å². The number of carbonyl (C=O) groups excluding carboxylic acids is 2. The Labute approximate surface area is 154 Å². The number of hydrogen-bond donors (Lipinski definition) is 1. The number of ether oxygens (including phenoxy) is 2. The Balaban J connectivity index is 1.75. The van der Waals surface area contributed by atoms with Gasteiger partial charge >= 0.3 is 5.97 Å². The highest BCUT2D eigenvalue weighted by molar-refractivity contribution is 5.95. The molecule has 0 radical (unpaired) electrons. The number of anilines is 1. The van der Waals surface area contributed by atoms with Crippen molar-refractivity contribution in [1.29, 1.82) is 0 Å². The van der Waals surface area contributed by atoms with E-state index in [0.29, 0.717) is 24.8 Å². The van der Waals surface area contributed by atoms with Crippen molar-refractivity contribution in [2.45, 2.75) is 25.9 Å². The lowest BCUT2D eigenvalue weighted by Gasteiger charge is -2.14. The molecule has 0 aliphatic carbocycles. The number of para-hydroxylation sites is 1. The molecular formula is C19H18F3NO4. The van der Waals surface area contributed by atoms with Gasteiger partial charge in [0.05, 0.1) is 12.3 Å². The maximum Gasteiger partial charge on any atom is 0.306 e. The van der Waals surface area contributed by atoms with Gasteiger partial charge in [-0.05, 0) is 37.6 Å². The topological polar surface area (TPSA) is 64.6 Å². The van der Waals surface area contributed by atoms with Crippen LogP contribution in [0.15, 0.2) is 42.5 Å². The molecule has 1 atom stereocenters. The van der Waals surface area contributed by atoms with Crippen molar-refractivity contribution in [1.82, 2.24) is 0 Å². The van der Waals surface area contributed by atoms with Crippen molar-refractivity contribution < 1.29 is 32.2 Å². The number of amides is 1. The van der Waals surface area contributed by atoms with Gasteiger partial charge in [-0.25, -0.2) is 13.2 Å². The van der Waals surface area contributed by atoms with Crippen molar-refractivity contribution in [3.05, 3.63) is 59.9 Å². The molecule has 2 aromatic carbocycles. The fraction of sp³-hybridized carbons (Fsp3) is 0.263. The number of rotatable bonds is 8. The highest BCUT2D eigenvalue weighted by atomic mass is 19.2. The molecule has 2 aromatic rings. The molecule has 0 heterocycles. The summed E-state index contributed by atoms with van der Waals surface area (Å²) in [5.41, 5.74) is -0.543. The van der Waals surface area contributed by atoms with Crippen LogP contribution in [-0.2, 0) is 14.3 Å². The van der Waals surface area contributed by atoms with E-state index in [0.717, 1.165) is 6.07 Å². The van der Waals surface area contributed by atoms with Crippen LogP contribution in [-0.4, -0.2) is 24.6 Å². The first-order valence-corrected chi connectivity index (χ1v) is 8.20. The van der Waals surface area contributed by atoms with Gasteiger partial charge in [-0.1, -0.05) is 18.2 Å². The van der Waals surface area contributed by atoms with Gasteiger partial charge in [0.25, 0.3) is 5.91 Å². The largest absolute Gasteiger partial charge is 0.494 e. The first-order valence-electron chi connectivity index (χ1n) is 8.20. The molecular weight excluding hydrogens is 363 g/mol. The second-order valence-electron chi connectivity index (χ2n) is 5.61. The molecule has 0 fully saturated rings. The molecule has 2 rings (SSSR count). The predicted molar refractivity (Wildman–Crippen MR) is 91.7 cm³/mol. The van der Waals surface area contributed by atoms with Gasteiger partial charge in [-0.3, -0.25) is 9.59 Å². The minimum absolute atomic E-state index is 0.0178. The van der Waals surface area contributed by atoms with Crippen molar-refractivity contribution in [2.24, 2.45) is 0 Å². The Morgan fingerprint density at radius 3 is 2.44 bits per heavy atom. The van der Waals surface area contributed by atoms with Gasteiger partial charge in [0, 0.05) is 6.42 Å². The second-order valence-corrected chi connectivity index (χ2v) is 5.61. The molecule has 1 N–H and O–H groups in total. The number of nitrogens with one attached hydrogen (secondary N) is 1. The van der Waals surface area contributed by atoms with Gasteiger partial charge in [0.1, 0.15) is 5.75 Å². The highest BCUT2D eigenvalue weighted by Gasteiger charge is 2.21. The summed E-state index contributed by atoms with van der Waals surface area (Å²) < 4.78 is 49.9. The molecule has 144 valence electrons. The average Bonchev–Trinajstić information content (AvgIpc) is 2.66. The standard InChI is InChI=1S/C19H18F3NO4/c1-12(19(25)23-15-10-9-14(20)17(21)18(15)22)27-16(24)8-5-11-26-13-6-3-2-4-7-13/h2-4,6-7,9-10,12H,5,8,11H2,1H3,(H,23,25)/t12-/m1/s1. The Morgan fingerprint density at radius 1 is 1.04 bits per heavy atom. The van der Waals surface area contributed by atoms with Crippen molar-refractivity contribution in [3.63, 3.8) is 0 Å². The van der Waals surface area contributed by atoms with Gasteiger partial charge in [-0.15, -0.1) is 0 Å². The fourth-order valence-electron chi connectivity index (χ4n) is 2.09. The molecule has 5 nitrogen and oxygen atoms in total. The van der Waals surface area contributed by atoms with Crippen LogP contribution in [0.5, 0.6) is 5.75 Å². The summed E-state index contributed by atoms with van der Waals surface area (Å²) in [6, 6.07) is 10.6. The van der Waals surface area contributed by atoms with E-state index in [1.54, 1.807) is 12.1 Å². The summed E-state index contributed by atoms with van der Waals surface area (Å²) in [4.78, 5) is 23.7. The van der Waals surface area contributed by atoms with Crippen molar-refractivity contribution in [2.75, 3.05) is 11.9 Å². The Kier molecular flexibility index (Phi) is 7.22. The summed E-state index contributed by atoms with van der Waals surface area (Å²) in [6.45, 7) is 1.57. The maximum atomic E-state index is 13.5. The molecule has 8 heteroatoms. The maximum absolute atomic E-state index is 13.5. The number of esters is 1. The summed E-state index contributed by atoms with van der Waals surface area (Å²) in [5, 5.41) is 2.05. The molecule has 27 heavy (non-hydrogen) atoms. The minimum Gasteiger partial charge on any atom is -0.494 e. The van der Waals surface area contributed by atoms with E-state index in [4.69, 9.17) is 9.47 Å². The van der Waals surface area contributed by atoms with E-state index in [1.165, 1.54) is 6.92 Å². The van der Waals surface area contributed by atoms with Crippen molar-refractivity contribution in [3.8, 4) is 5.75 Å². The van der Waals surface area contributed by atoms with Crippen LogP contribution in [0.25, 0.3) is 0 Å². The number of hydrogen-bond acceptors (Lipinski definition) is 4. The van der Waals surface area contributed by atoms with Crippen LogP contribution in [0, 0.1) is 17.5 Å². The van der Waals surface area contributed by atoms with E-state index >= 15 is 0 Å². The summed E-state index contributed by atoms with van der Waals surface area (Å²) in [5.74, 6) is -5.43. The van der Waals surface area contributed by atoms with Gasteiger partial charge in [0.15, 0.2) is 23.6 Å². The Morgan fingerprint density at radius 2 is 1.74 bits per heavy atom. The first kappa shape index (κ1) is 20.3. The molecule has 0 saturated carbocycles. The smallest absolute Gasteiger partial charge is 0.306 e. The number of benzene rings is 2.